The third-order valence-electron chi connectivity index (χ3n) is 2.65. The number of likely N-dealkylation sites (tertiary alicyclic amines) is 1. The van der Waals surface area contributed by atoms with Gasteiger partial charge in [-0.15, -0.1) is 0 Å². The topological polar surface area (TPSA) is 68.1 Å². The first-order chi connectivity index (χ1) is 8.33. The van der Waals surface area contributed by atoms with Crippen LogP contribution in [0.1, 0.15) is 33.6 Å². The van der Waals surface area contributed by atoms with Gasteiger partial charge < -0.3 is 19.8 Å². The molecule has 0 aliphatic carbocycles. The van der Waals surface area contributed by atoms with Gasteiger partial charge in [0.1, 0.15) is 11.1 Å². The molecule has 1 aliphatic rings. The van der Waals surface area contributed by atoms with Crippen molar-refractivity contribution in [2.24, 2.45) is 4.99 Å². The fourth-order valence-corrected chi connectivity index (χ4v) is 2.18. The van der Waals surface area contributed by atoms with Crippen molar-refractivity contribution in [1.29, 1.82) is 0 Å². The minimum absolute atomic E-state index is 0.0753. The Balaban J connectivity index is 2.47. The summed E-state index contributed by atoms with van der Waals surface area (Å²) in [5, 5.41) is 20.6. The molecule has 1 aliphatic heterocycles. The molecule has 1 heterocycles. The molecule has 6 heteroatoms. The SMILES string of the molecule is CC(C)(C)OC([O-])=NCC(=S)N1CCC[C@H]1CO. The summed E-state index contributed by atoms with van der Waals surface area (Å²) in [6, 6.07) is 0.0753. The van der Waals surface area contributed by atoms with Crippen LogP contribution in [-0.4, -0.2) is 52.4 Å². The van der Waals surface area contributed by atoms with Crippen molar-refractivity contribution < 1.29 is 14.9 Å². The highest BCUT2D eigenvalue weighted by Gasteiger charge is 2.25. The first kappa shape index (κ1) is 15.2. The van der Waals surface area contributed by atoms with Crippen LogP contribution in [0, 0.1) is 0 Å². The lowest BCUT2D eigenvalue weighted by molar-refractivity contribution is -0.260. The molecule has 104 valence electrons. The van der Waals surface area contributed by atoms with Gasteiger partial charge in [-0.05, 0) is 12.8 Å². The molecule has 0 radical (unpaired) electrons. The van der Waals surface area contributed by atoms with Gasteiger partial charge >= 0.3 is 0 Å². The van der Waals surface area contributed by atoms with E-state index in [9.17, 15) is 10.2 Å². The van der Waals surface area contributed by atoms with Crippen LogP contribution in [0.25, 0.3) is 0 Å². The highest BCUT2D eigenvalue weighted by molar-refractivity contribution is 7.80. The van der Waals surface area contributed by atoms with Crippen LogP contribution in [-0.2, 0) is 4.74 Å². The number of ether oxygens (including phenoxy) is 1. The van der Waals surface area contributed by atoms with Gasteiger partial charge in [0.25, 0.3) is 0 Å². The summed E-state index contributed by atoms with van der Waals surface area (Å²) >= 11 is 5.23. The van der Waals surface area contributed by atoms with E-state index in [4.69, 9.17) is 17.0 Å². The molecule has 18 heavy (non-hydrogen) atoms. The highest BCUT2D eigenvalue weighted by Crippen LogP contribution is 2.17. The van der Waals surface area contributed by atoms with Crippen LogP contribution in [0.5, 0.6) is 0 Å². The number of nitrogens with zero attached hydrogens (tertiary/aromatic N) is 2. The van der Waals surface area contributed by atoms with Crippen molar-refractivity contribution in [3.05, 3.63) is 0 Å². The van der Waals surface area contributed by atoms with Crippen LogP contribution in [0.2, 0.25) is 0 Å². The smallest absolute Gasteiger partial charge is 0.146 e. The number of aliphatic hydroxyl groups is 1. The predicted octanol–water partition coefficient (Wildman–Crippen LogP) is 0.302. The summed E-state index contributed by atoms with van der Waals surface area (Å²) in [5.74, 6) is 0. The van der Waals surface area contributed by atoms with Gasteiger partial charge in [-0.3, -0.25) is 4.99 Å². The van der Waals surface area contributed by atoms with Crippen molar-refractivity contribution in [2.75, 3.05) is 19.7 Å². The molecule has 0 aromatic heterocycles. The number of thiocarbonyl (C=S) groups is 1. The molecule has 1 saturated heterocycles. The van der Waals surface area contributed by atoms with Gasteiger partial charge in [-0.2, -0.15) is 0 Å². The molecule has 0 bridgehead atoms. The Kier molecular flexibility index (Phi) is 5.34. The Morgan fingerprint density at radius 2 is 2.22 bits per heavy atom. The average molecular weight is 273 g/mol. The Hall–Kier alpha value is -0.880. The van der Waals surface area contributed by atoms with E-state index in [1.807, 2.05) is 4.90 Å². The van der Waals surface area contributed by atoms with E-state index in [0.717, 1.165) is 19.4 Å². The first-order valence-electron chi connectivity index (χ1n) is 6.14. The monoisotopic (exact) mass is 273 g/mol. The number of rotatable bonds is 3. The van der Waals surface area contributed by atoms with E-state index in [1.165, 1.54) is 0 Å². The molecule has 1 atom stereocenters. The second-order valence-corrected chi connectivity index (χ2v) is 5.83. The maximum atomic E-state index is 11.4. The molecule has 0 spiro atoms. The largest absolute Gasteiger partial charge is 0.595 e. The molecule has 0 amide bonds. The first-order valence-corrected chi connectivity index (χ1v) is 6.55. The molecular weight excluding hydrogens is 252 g/mol. The molecule has 1 N–H and O–H groups in total. The van der Waals surface area contributed by atoms with Gasteiger partial charge in [0.05, 0.1) is 19.2 Å². The summed E-state index contributed by atoms with van der Waals surface area (Å²) in [7, 11) is 0. The van der Waals surface area contributed by atoms with E-state index in [0.29, 0.717) is 4.99 Å². The molecule has 1 rings (SSSR count). The fraction of sp³-hybridized carbons (Fsp3) is 0.833. The molecular formula is C12H21N2O3S-. The van der Waals surface area contributed by atoms with Crippen molar-refractivity contribution in [2.45, 2.75) is 45.3 Å². The fourth-order valence-electron chi connectivity index (χ4n) is 1.87. The minimum atomic E-state index is -0.593. The lowest BCUT2D eigenvalue weighted by atomic mass is 10.2. The van der Waals surface area contributed by atoms with Crippen molar-refractivity contribution in [3.63, 3.8) is 0 Å². The Morgan fingerprint density at radius 1 is 1.56 bits per heavy atom. The molecule has 0 aromatic carbocycles. The normalized spacial score (nSPS) is 21.2. The Morgan fingerprint density at radius 3 is 2.78 bits per heavy atom. The van der Waals surface area contributed by atoms with Crippen LogP contribution in [0.15, 0.2) is 4.99 Å². The molecule has 0 aromatic rings. The van der Waals surface area contributed by atoms with E-state index in [-0.39, 0.29) is 19.2 Å². The highest BCUT2D eigenvalue weighted by atomic mass is 32.1. The number of hydrogen-bond acceptors (Lipinski definition) is 5. The number of aliphatic hydroxyl groups excluding tert-OH is 1. The predicted molar refractivity (Wildman–Crippen MR) is 72.6 cm³/mol. The summed E-state index contributed by atoms with van der Waals surface area (Å²) < 4.78 is 5.07. The van der Waals surface area contributed by atoms with Crippen molar-refractivity contribution >= 4 is 23.3 Å². The van der Waals surface area contributed by atoms with Crippen LogP contribution in [0.3, 0.4) is 0 Å². The van der Waals surface area contributed by atoms with Crippen LogP contribution in [0.4, 0.5) is 0 Å². The molecule has 0 unspecified atom stereocenters. The zero-order valence-corrected chi connectivity index (χ0v) is 12.0. The van der Waals surface area contributed by atoms with Gasteiger partial charge in [0.15, 0.2) is 0 Å². The van der Waals surface area contributed by atoms with Gasteiger partial charge in [-0.1, -0.05) is 33.0 Å². The second-order valence-electron chi connectivity index (χ2n) is 5.36. The van der Waals surface area contributed by atoms with Gasteiger partial charge in [0, 0.05) is 12.1 Å². The third kappa shape index (κ3) is 4.78. The van der Waals surface area contributed by atoms with E-state index < -0.39 is 11.7 Å². The number of hydrogen-bond donors (Lipinski definition) is 1. The van der Waals surface area contributed by atoms with Crippen LogP contribution >= 0.6 is 12.2 Å². The van der Waals surface area contributed by atoms with Gasteiger partial charge in [-0.25, -0.2) is 0 Å². The molecule has 0 saturated carbocycles. The van der Waals surface area contributed by atoms with Crippen LogP contribution < -0.4 is 5.11 Å². The minimum Gasteiger partial charge on any atom is -0.595 e. The summed E-state index contributed by atoms with van der Waals surface area (Å²) in [5.41, 5.74) is -0.538. The lowest BCUT2D eigenvalue weighted by Crippen LogP contribution is -2.39. The number of aliphatic imine (C=N–C) groups is 1. The molecule has 5 nitrogen and oxygen atoms in total. The summed E-state index contributed by atoms with van der Waals surface area (Å²) in [6.07, 6.45) is 1.35. The Labute approximate surface area is 113 Å². The van der Waals surface area contributed by atoms with E-state index >= 15 is 0 Å². The van der Waals surface area contributed by atoms with E-state index in [2.05, 4.69) is 4.99 Å². The van der Waals surface area contributed by atoms with Crippen molar-refractivity contribution in [3.8, 4) is 0 Å². The average Bonchev–Trinajstić information content (AvgIpc) is 2.71. The Bertz CT molecular complexity index is 326. The standard InChI is InChI=1S/C12H22N2O3S/c1-12(2,3)17-11(16)13-7-10(18)14-6-4-5-9(14)8-15/h9,15H,4-8H2,1-3H3,(H,13,16)/p-1/t9-/m0/s1. The maximum Gasteiger partial charge on any atom is 0.146 e. The third-order valence-corrected chi connectivity index (χ3v) is 3.01. The zero-order valence-electron chi connectivity index (χ0n) is 11.2. The summed E-state index contributed by atoms with van der Waals surface area (Å²) in [4.78, 5) is 6.34. The molecule has 1 fully saturated rings. The van der Waals surface area contributed by atoms with E-state index in [1.54, 1.807) is 20.8 Å². The quantitative estimate of drug-likeness (QED) is 0.455. The summed E-state index contributed by atoms with van der Waals surface area (Å²) in [6.45, 7) is 6.45. The lowest BCUT2D eigenvalue weighted by Gasteiger charge is -2.30. The zero-order chi connectivity index (χ0) is 13.8. The van der Waals surface area contributed by atoms with Gasteiger partial charge in [0.2, 0.25) is 0 Å². The van der Waals surface area contributed by atoms with Crippen molar-refractivity contribution in [1.82, 2.24) is 4.90 Å². The second kappa shape index (κ2) is 6.33. The maximum absolute atomic E-state index is 11.4.